The summed E-state index contributed by atoms with van der Waals surface area (Å²) >= 11 is 0. The van der Waals surface area contributed by atoms with Gasteiger partial charge in [0.15, 0.2) is 5.96 Å². The van der Waals surface area contributed by atoms with Gasteiger partial charge in [-0.05, 0) is 55.9 Å². The van der Waals surface area contributed by atoms with Gasteiger partial charge in [-0.25, -0.2) is 9.97 Å². The molecule has 0 radical (unpaired) electrons. The number of hydrogen-bond donors (Lipinski definition) is 3. The van der Waals surface area contributed by atoms with Crippen molar-refractivity contribution in [2.45, 2.75) is 95.8 Å². The third-order valence-electron chi connectivity index (χ3n) is 7.47. The van der Waals surface area contributed by atoms with Crippen molar-refractivity contribution in [2.24, 2.45) is 5.73 Å². The molecule has 3 aromatic rings. The highest BCUT2D eigenvalue weighted by Crippen LogP contribution is 2.30. The fourth-order valence-corrected chi connectivity index (χ4v) is 5.40. The summed E-state index contributed by atoms with van der Waals surface area (Å²) in [6.45, 7) is 0. The molecule has 0 unspecified atom stereocenters. The lowest BCUT2D eigenvalue weighted by molar-refractivity contribution is 0.454. The van der Waals surface area contributed by atoms with Crippen LogP contribution in [0, 0.1) is 5.41 Å². The van der Waals surface area contributed by atoms with Crippen molar-refractivity contribution in [3.05, 3.63) is 77.7 Å². The van der Waals surface area contributed by atoms with E-state index in [0.29, 0.717) is 5.92 Å². The Hall–Kier alpha value is -3.21. The van der Waals surface area contributed by atoms with Gasteiger partial charge in [-0.2, -0.15) is 0 Å². The van der Waals surface area contributed by atoms with Crippen LogP contribution < -0.4 is 11.1 Å². The molecular formula is C32H43N5. The van der Waals surface area contributed by atoms with E-state index in [1.165, 1.54) is 76.2 Å². The van der Waals surface area contributed by atoms with E-state index in [-0.39, 0.29) is 5.96 Å². The van der Waals surface area contributed by atoms with Crippen LogP contribution in [0.25, 0.3) is 11.3 Å². The van der Waals surface area contributed by atoms with Gasteiger partial charge in [-0.1, -0.05) is 100 Å². The highest BCUT2D eigenvalue weighted by atomic mass is 15.0. The van der Waals surface area contributed by atoms with Crippen molar-refractivity contribution in [2.75, 3.05) is 5.32 Å². The minimum absolute atomic E-state index is 0.0553. The summed E-state index contributed by atoms with van der Waals surface area (Å²) in [4.78, 5) is 10.3. The van der Waals surface area contributed by atoms with Gasteiger partial charge in [0.1, 0.15) is 5.82 Å². The lowest BCUT2D eigenvalue weighted by atomic mass is 9.92. The molecule has 1 saturated carbocycles. The van der Waals surface area contributed by atoms with Crippen LogP contribution in [-0.2, 0) is 12.8 Å². The zero-order chi connectivity index (χ0) is 25.7. The van der Waals surface area contributed by atoms with Gasteiger partial charge in [0, 0.05) is 22.9 Å². The summed E-state index contributed by atoms with van der Waals surface area (Å²) in [5, 5.41) is 10.3. The monoisotopic (exact) mass is 497 g/mol. The zero-order valence-corrected chi connectivity index (χ0v) is 22.2. The highest BCUT2D eigenvalue weighted by molar-refractivity contribution is 5.89. The molecule has 0 atom stereocenters. The van der Waals surface area contributed by atoms with E-state index >= 15 is 0 Å². The molecule has 1 heterocycles. The predicted molar refractivity (Wildman–Crippen MR) is 155 cm³/mol. The maximum atomic E-state index is 7.48. The van der Waals surface area contributed by atoms with E-state index in [1.807, 2.05) is 12.1 Å². The van der Waals surface area contributed by atoms with Crippen LogP contribution in [0.5, 0.6) is 0 Å². The average Bonchev–Trinajstić information content (AvgIpc) is 2.90. The maximum Gasteiger partial charge on any atom is 0.190 e. The third kappa shape index (κ3) is 8.99. The molecule has 4 N–H and O–H groups in total. The molecular weight excluding hydrogens is 454 g/mol. The van der Waals surface area contributed by atoms with Crippen molar-refractivity contribution in [1.29, 1.82) is 5.41 Å². The molecule has 5 heteroatoms. The first-order chi connectivity index (χ1) is 18.2. The van der Waals surface area contributed by atoms with Gasteiger partial charge in [0.2, 0.25) is 0 Å². The highest BCUT2D eigenvalue weighted by Gasteiger charge is 2.18. The predicted octanol–water partition coefficient (Wildman–Crippen LogP) is 8.01. The van der Waals surface area contributed by atoms with Gasteiger partial charge in [-0.3, -0.25) is 5.41 Å². The van der Waals surface area contributed by atoms with Crippen LogP contribution in [-0.4, -0.2) is 15.9 Å². The largest absolute Gasteiger partial charge is 0.370 e. The van der Waals surface area contributed by atoms with E-state index in [1.54, 1.807) is 0 Å². The molecule has 5 nitrogen and oxygen atoms in total. The van der Waals surface area contributed by atoms with Gasteiger partial charge in [-0.15, -0.1) is 0 Å². The number of aromatic nitrogens is 2. The molecule has 4 rings (SSSR count). The fourth-order valence-electron chi connectivity index (χ4n) is 5.40. The fraction of sp³-hybridized carbons (Fsp3) is 0.469. The van der Waals surface area contributed by atoms with Crippen molar-refractivity contribution in [1.82, 2.24) is 9.97 Å². The minimum Gasteiger partial charge on any atom is -0.370 e. The standard InChI is InChI=1S/C32H43N5/c33-32(34)36-28-22-20-26(21-23-28)30-24-29(19-13-16-25-14-9-8-10-15-25)35-31(37-30)27-17-11-6-4-2-1-3-5-7-12-18-27/h8-10,14-15,20-24,27H,1-7,11-13,16-19H2,(H4,33,34,36). The molecule has 0 aliphatic heterocycles. The second-order valence-electron chi connectivity index (χ2n) is 10.5. The SMILES string of the molecule is N=C(N)Nc1ccc(-c2cc(CCCc3ccccc3)nc(C3CCCCCCCCCCC3)n2)cc1. The first-order valence-electron chi connectivity index (χ1n) is 14.3. The molecule has 2 aromatic carbocycles. The summed E-state index contributed by atoms with van der Waals surface area (Å²) in [5.41, 5.74) is 10.9. The number of hydrogen-bond acceptors (Lipinski definition) is 3. The van der Waals surface area contributed by atoms with E-state index in [4.69, 9.17) is 21.1 Å². The Morgan fingerprint density at radius 1 is 0.784 bits per heavy atom. The molecule has 0 spiro atoms. The number of benzene rings is 2. The second-order valence-corrected chi connectivity index (χ2v) is 10.5. The van der Waals surface area contributed by atoms with E-state index < -0.39 is 0 Å². The molecule has 1 aromatic heterocycles. The number of aryl methyl sites for hydroxylation is 2. The maximum absolute atomic E-state index is 7.48. The number of anilines is 1. The number of guanidine groups is 1. The third-order valence-corrected chi connectivity index (χ3v) is 7.47. The molecule has 0 bridgehead atoms. The van der Waals surface area contributed by atoms with Crippen LogP contribution in [0.15, 0.2) is 60.7 Å². The van der Waals surface area contributed by atoms with Crippen LogP contribution in [0.3, 0.4) is 0 Å². The van der Waals surface area contributed by atoms with E-state index in [0.717, 1.165) is 47.7 Å². The normalized spacial score (nSPS) is 15.9. The van der Waals surface area contributed by atoms with E-state index in [2.05, 4.69) is 53.8 Å². The lowest BCUT2D eigenvalue weighted by Gasteiger charge is -2.19. The molecule has 1 aliphatic carbocycles. The van der Waals surface area contributed by atoms with E-state index in [9.17, 15) is 0 Å². The summed E-state index contributed by atoms with van der Waals surface area (Å²) in [6.07, 6.45) is 17.6. The average molecular weight is 498 g/mol. The Bertz CT molecular complexity index is 1080. The Morgan fingerprint density at radius 2 is 1.41 bits per heavy atom. The van der Waals surface area contributed by atoms with Crippen LogP contribution >= 0.6 is 0 Å². The molecule has 0 amide bonds. The number of nitrogens with two attached hydrogens (primary N) is 1. The summed E-state index contributed by atoms with van der Waals surface area (Å²) in [5.74, 6) is 1.42. The van der Waals surface area contributed by atoms with Crippen molar-refractivity contribution >= 4 is 11.6 Å². The first-order valence-corrected chi connectivity index (χ1v) is 14.3. The van der Waals surface area contributed by atoms with Crippen LogP contribution in [0.2, 0.25) is 0 Å². The van der Waals surface area contributed by atoms with Crippen molar-refractivity contribution in [3.63, 3.8) is 0 Å². The minimum atomic E-state index is -0.0553. The summed E-state index contributed by atoms with van der Waals surface area (Å²) in [6, 6.07) is 20.9. The summed E-state index contributed by atoms with van der Waals surface area (Å²) < 4.78 is 0. The molecule has 37 heavy (non-hydrogen) atoms. The number of nitrogens with zero attached hydrogens (tertiary/aromatic N) is 2. The Kier molecular flexibility index (Phi) is 10.5. The first kappa shape index (κ1) is 26.8. The summed E-state index contributed by atoms with van der Waals surface area (Å²) in [7, 11) is 0. The molecule has 1 aliphatic rings. The zero-order valence-electron chi connectivity index (χ0n) is 22.2. The molecule has 1 fully saturated rings. The number of rotatable bonds is 7. The number of nitrogens with one attached hydrogen (secondary N) is 2. The Morgan fingerprint density at radius 3 is 2.03 bits per heavy atom. The van der Waals surface area contributed by atoms with Crippen molar-refractivity contribution in [3.8, 4) is 11.3 Å². The Balaban J connectivity index is 1.56. The van der Waals surface area contributed by atoms with Gasteiger partial charge in [0.25, 0.3) is 0 Å². The van der Waals surface area contributed by atoms with Gasteiger partial charge >= 0.3 is 0 Å². The van der Waals surface area contributed by atoms with Crippen LogP contribution in [0.1, 0.15) is 100 Å². The quantitative estimate of drug-likeness (QED) is 0.228. The second kappa shape index (κ2) is 14.5. The van der Waals surface area contributed by atoms with Gasteiger partial charge < -0.3 is 11.1 Å². The Labute approximate surface area is 222 Å². The molecule has 0 saturated heterocycles. The van der Waals surface area contributed by atoms with Crippen LogP contribution in [0.4, 0.5) is 5.69 Å². The topological polar surface area (TPSA) is 87.7 Å². The van der Waals surface area contributed by atoms with Crippen molar-refractivity contribution < 1.29 is 0 Å². The van der Waals surface area contributed by atoms with Gasteiger partial charge in [0.05, 0.1) is 5.69 Å². The lowest BCUT2D eigenvalue weighted by Crippen LogP contribution is -2.20. The molecule has 196 valence electrons. The smallest absolute Gasteiger partial charge is 0.190 e.